The van der Waals surface area contributed by atoms with E-state index in [9.17, 15) is 9.90 Å². The van der Waals surface area contributed by atoms with E-state index in [0.717, 1.165) is 22.4 Å². The molecule has 0 aliphatic rings. The van der Waals surface area contributed by atoms with Crippen molar-refractivity contribution in [2.24, 2.45) is 0 Å². The first-order chi connectivity index (χ1) is 10.6. The van der Waals surface area contributed by atoms with Gasteiger partial charge >= 0.3 is 0 Å². The fraction of sp³-hybridized carbons (Fsp3) is 0.0625. The van der Waals surface area contributed by atoms with Crippen molar-refractivity contribution in [1.29, 1.82) is 0 Å². The minimum Gasteiger partial charge on any atom is -0.494 e. The summed E-state index contributed by atoms with van der Waals surface area (Å²) in [5, 5.41) is 10.6. The van der Waals surface area contributed by atoms with Gasteiger partial charge in [-0.2, -0.15) is 0 Å². The number of aromatic amines is 2. The number of nitrogens with one attached hydrogen (secondary N) is 2. The number of pyridine rings is 1. The van der Waals surface area contributed by atoms with Gasteiger partial charge in [-0.3, -0.25) is 9.78 Å². The van der Waals surface area contributed by atoms with Crippen molar-refractivity contribution in [1.82, 2.24) is 19.9 Å². The molecule has 0 radical (unpaired) electrons. The van der Waals surface area contributed by atoms with Crippen LogP contribution in [0.25, 0.3) is 33.3 Å². The molecular weight excluding hydrogens is 280 g/mol. The van der Waals surface area contributed by atoms with Gasteiger partial charge in [0.15, 0.2) is 5.78 Å². The maximum atomic E-state index is 11.7. The van der Waals surface area contributed by atoms with Crippen LogP contribution in [0.2, 0.25) is 0 Å². The first-order valence-corrected chi connectivity index (χ1v) is 6.79. The summed E-state index contributed by atoms with van der Waals surface area (Å²) in [5.74, 6) is 0.445. The van der Waals surface area contributed by atoms with Crippen molar-refractivity contribution < 1.29 is 9.90 Å². The Balaban J connectivity index is 1.98. The Kier molecular flexibility index (Phi) is 2.53. The van der Waals surface area contributed by atoms with Crippen molar-refractivity contribution in [2.75, 3.05) is 0 Å². The molecule has 22 heavy (non-hydrogen) atoms. The molecule has 1 aromatic carbocycles. The number of aromatic nitrogens is 4. The number of nitrogens with zero attached hydrogens (tertiary/aromatic N) is 2. The lowest BCUT2D eigenvalue weighted by molar-refractivity contribution is 0.101. The Labute approximate surface area is 124 Å². The fourth-order valence-corrected chi connectivity index (χ4v) is 2.69. The van der Waals surface area contributed by atoms with Gasteiger partial charge in [0.25, 0.3) is 0 Å². The van der Waals surface area contributed by atoms with E-state index in [-0.39, 0.29) is 11.7 Å². The van der Waals surface area contributed by atoms with Crippen molar-refractivity contribution >= 4 is 27.7 Å². The number of Topliss-reactive ketones (excluding diaryl/α,β-unsaturated/α-hetero) is 1. The molecule has 6 heteroatoms. The van der Waals surface area contributed by atoms with Gasteiger partial charge in [-0.25, -0.2) is 4.98 Å². The Bertz CT molecular complexity index is 1010. The van der Waals surface area contributed by atoms with Gasteiger partial charge in [0.1, 0.15) is 5.82 Å². The summed E-state index contributed by atoms with van der Waals surface area (Å²) in [6.45, 7) is 1.43. The molecule has 0 saturated carbocycles. The van der Waals surface area contributed by atoms with Crippen LogP contribution < -0.4 is 0 Å². The first kappa shape index (κ1) is 12.6. The summed E-state index contributed by atoms with van der Waals surface area (Å²) in [7, 11) is 0. The van der Waals surface area contributed by atoms with E-state index in [4.69, 9.17) is 0 Å². The second-order valence-electron chi connectivity index (χ2n) is 5.14. The molecule has 0 fully saturated rings. The SMILES string of the molecule is CC(=O)c1c(O)[nH]c2cc3nc(-c4ccncc4)[nH]c3cc12. The Morgan fingerprint density at radius 2 is 1.91 bits per heavy atom. The van der Waals surface area contributed by atoms with Crippen LogP contribution in [-0.4, -0.2) is 30.8 Å². The Morgan fingerprint density at radius 1 is 1.14 bits per heavy atom. The average molecular weight is 292 g/mol. The van der Waals surface area contributed by atoms with Crippen LogP contribution in [0.4, 0.5) is 0 Å². The van der Waals surface area contributed by atoms with Crippen LogP contribution in [0.15, 0.2) is 36.7 Å². The monoisotopic (exact) mass is 292 g/mol. The molecule has 108 valence electrons. The second kappa shape index (κ2) is 4.42. The van der Waals surface area contributed by atoms with Crippen LogP contribution in [0.1, 0.15) is 17.3 Å². The zero-order valence-corrected chi connectivity index (χ0v) is 11.7. The zero-order chi connectivity index (χ0) is 15.3. The summed E-state index contributed by atoms with van der Waals surface area (Å²) in [5.41, 5.74) is 3.49. The molecule has 3 N–H and O–H groups in total. The van der Waals surface area contributed by atoms with Crippen molar-refractivity contribution in [2.45, 2.75) is 6.92 Å². The van der Waals surface area contributed by atoms with Crippen LogP contribution in [0.5, 0.6) is 5.88 Å². The molecule has 3 heterocycles. The van der Waals surface area contributed by atoms with Crippen LogP contribution in [0, 0.1) is 0 Å². The van der Waals surface area contributed by atoms with E-state index in [1.807, 2.05) is 24.3 Å². The normalized spacial score (nSPS) is 11.3. The Hall–Kier alpha value is -3.15. The number of hydrogen-bond donors (Lipinski definition) is 3. The topological polar surface area (TPSA) is 94.7 Å². The second-order valence-corrected chi connectivity index (χ2v) is 5.14. The van der Waals surface area contributed by atoms with Crippen LogP contribution in [0.3, 0.4) is 0 Å². The third kappa shape index (κ3) is 1.77. The van der Waals surface area contributed by atoms with Gasteiger partial charge < -0.3 is 15.1 Å². The molecule has 0 amide bonds. The molecule has 3 aromatic heterocycles. The van der Waals surface area contributed by atoms with Gasteiger partial charge in [0.05, 0.1) is 22.1 Å². The van der Waals surface area contributed by atoms with Crippen molar-refractivity contribution in [3.63, 3.8) is 0 Å². The van der Waals surface area contributed by atoms with Gasteiger partial charge in [-0.05, 0) is 31.2 Å². The zero-order valence-electron chi connectivity index (χ0n) is 11.7. The third-order valence-electron chi connectivity index (χ3n) is 3.69. The number of aromatic hydroxyl groups is 1. The minimum absolute atomic E-state index is 0.107. The number of carbonyl (C=O) groups is 1. The summed E-state index contributed by atoms with van der Waals surface area (Å²) in [6.07, 6.45) is 3.41. The van der Waals surface area contributed by atoms with Crippen LogP contribution >= 0.6 is 0 Å². The standard InChI is InChI=1S/C16H12N4O2/c1-8(21)14-10-6-12-13(7-11(10)20-16(14)22)19-15(18-12)9-2-4-17-5-3-9/h2-7,20,22H,1H3,(H,18,19). The van der Waals surface area contributed by atoms with Gasteiger partial charge in [0.2, 0.25) is 5.88 Å². The van der Waals surface area contributed by atoms with Crippen LogP contribution in [-0.2, 0) is 0 Å². The summed E-state index contributed by atoms with van der Waals surface area (Å²) < 4.78 is 0. The summed E-state index contributed by atoms with van der Waals surface area (Å²) in [6, 6.07) is 7.39. The van der Waals surface area contributed by atoms with E-state index in [1.165, 1.54) is 6.92 Å². The van der Waals surface area contributed by atoms with Gasteiger partial charge in [-0.15, -0.1) is 0 Å². The number of H-pyrrole nitrogens is 2. The number of ketones is 1. The molecule has 0 unspecified atom stereocenters. The number of hydrogen-bond acceptors (Lipinski definition) is 4. The smallest absolute Gasteiger partial charge is 0.200 e. The number of benzene rings is 1. The Morgan fingerprint density at radius 3 is 2.64 bits per heavy atom. The molecular formula is C16H12N4O2. The average Bonchev–Trinajstić information content (AvgIpc) is 3.04. The van der Waals surface area contributed by atoms with Gasteiger partial charge in [-0.1, -0.05) is 0 Å². The highest BCUT2D eigenvalue weighted by molar-refractivity contribution is 6.11. The third-order valence-corrected chi connectivity index (χ3v) is 3.69. The highest BCUT2D eigenvalue weighted by Gasteiger charge is 2.16. The van der Waals surface area contributed by atoms with E-state index in [2.05, 4.69) is 19.9 Å². The molecule has 0 aliphatic carbocycles. The fourth-order valence-electron chi connectivity index (χ4n) is 2.69. The highest BCUT2D eigenvalue weighted by atomic mass is 16.3. The van der Waals surface area contributed by atoms with E-state index < -0.39 is 0 Å². The lowest BCUT2D eigenvalue weighted by Gasteiger charge is -1.94. The molecule has 4 aromatic rings. The number of imidazole rings is 1. The van der Waals surface area contributed by atoms with E-state index in [1.54, 1.807) is 12.4 Å². The minimum atomic E-state index is -0.183. The lowest BCUT2D eigenvalue weighted by Crippen LogP contribution is -1.89. The number of rotatable bonds is 2. The van der Waals surface area contributed by atoms with Crippen molar-refractivity contribution in [3.05, 3.63) is 42.2 Å². The quantitative estimate of drug-likeness (QED) is 0.495. The molecule has 6 nitrogen and oxygen atoms in total. The molecule has 0 bridgehead atoms. The summed E-state index contributed by atoms with van der Waals surface area (Å²) in [4.78, 5) is 26.3. The lowest BCUT2D eigenvalue weighted by atomic mass is 10.1. The van der Waals surface area contributed by atoms with Crippen molar-refractivity contribution in [3.8, 4) is 17.3 Å². The van der Waals surface area contributed by atoms with E-state index in [0.29, 0.717) is 16.5 Å². The largest absolute Gasteiger partial charge is 0.494 e. The number of carbonyl (C=O) groups excluding carboxylic acids is 1. The molecule has 0 saturated heterocycles. The van der Waals surface area contributed by atoms with Gasteiger partial charge in [0, 0.05) is 23.3 Å². The highest BCUT2D eigenvalue weighted by Crippen LogP contribution is 2.31. The number of fused-ring (bicyclic) bond motifs is 2. The molecule has 0 aliphatic heterocycles. The molecule has 0 atom stereocenters. The van der Waals surface area contributed by atoms with E-state index >= 15 is 0 Å². The molecule has 0 spiro atoms. The predicted molar refractivity (Wildman–Crippen MR) is 82.9 cm³/mol. The maximum absolute atomic E-state index is 11.7. The molecule has 4 rings (SSSR count). The predicted octanol–water partition coefficient (Wildman–Crippen LogP) is 3.01. The maximum Gasteiger partial charge on any atom is 0.200 e. The first-order valence-electron chi connectivity index (χ1n) is 6.79. The summed E-state index contributed by atoms with van der Waals surface area (Å²) >= 11 is 0.